The van der Waals surface area contributed by atoms with Gasteiger partial charge in [0.25, 0.3) is 0 Å². The van der Waals surface area contributed by atoms with Crippen molar-refractivity contribution in [2.24, 2.45) is 7.05 Å². The van der Waals surface area contributed by atoms with Crippen molar-refractivity contribution < 1.29 is 4.92 Å². The van der Waals surface area contributed by atoms with Crippen LogP contribution in [0.5, 0.6) is 0 Å². The molecule has 0 saturated carbocycles. The van der Waals surface area contributed by atoms with Crippen LogP contribution >= 0.6 is 0 Å². The van der Waals surface area contributed by atoms with Crippen LogP contribution in [0, 0.1) is 10.1 Å². The van der Waals surface area contributed by atoms with Gasteiger partial charge in [0, 0.05) is 13.1 Å². The van der Waals surface area contributed by atoms with Gasteiger partial charge in [-0.25, -0.2) is 4.68 Å². The van der Waals surface area contributed by atoms with Crippen LogP contribution < -0.4 is 5.32 Å². The topological polar surface area (TPSA) is 73.0 Å². The van der Waals surface area contributed by atoms with Gasteiger partial charge in [-0.15, -0.1) is 6.58 Å². The number of rotatable bonds is 6. The molecule has 1 heterocycles. The Kier molecular flexibility index (Phi) is 4.25. The maximum Gasteiger partial charge on any atom is 0.333 e. The van der Waals surface area contributed by atoms with Crippen LogP contribution in [0.3, 0.4) is 0 Å². The molecule has 94 valence electrons. The van der Waals surface area contributed by atoms with Crippen molar-refractivity contribution in [1.29, 1.82) is 0 Å². The zero-order valence-corrected chi connectivity index (χ0v) is 10.4. The van der Waals surface area contributed by atoms with Gasteiger partial charge in [-0.1, -0.05) is 13.0 Å². The zero-order valence-electron chi connectivity index (χ0n) is 10.4. The molecule has 1 unspecified atom stereocenters. The number of nitrogens with zero attached hydrogens (tertiary/aromatic N) is 3. The predicted octanol–water partition coefficient (Wildman–Crippen LogP) is 2.27. The van der Waals surface area contributed by atoms with Crippen LogP contribution in [0.25, 0.3) is 0 Å². The zero-order chi connectivity index (χ0) is 13.0. The number of hydrogen-bond donors (Lipinski definition) is 1. The average Bonchev–Trinajstić information content (AvgIpc) is 2.56. The summed E-state index contributed by atoms with van der Waals surface area (Å²) in [7, 11) is 1.70. The lowest BCUT2D eigenvalue weighted by Gasteiger charge is -2.12. The summed E-state index contributed by atoms with van der Waals surface area (Å²) in [5, 5.41) is 18.3. The van der Waals surface area contributed by atoms with E-state index in [-0.39, 0.29) is 16.7 Å². The van der Waals surface area contributed by atoms with Gasteiger partial charge in [0.15, 0.2) is 0 Å². The molecule has 0 radical (unpaired) electrons. The van der Waals surface area contributed by atoms with Gasteiger partial charge in [0.2, 0.25) is 5.82 Å². The third-order valence-corrected chi connectivity index (χ3v) is 2.51. The molecule has 0 aliphatic carbocycles. The van der Waals surface area contributed by atoms with E-state index in [2.05, 4.69) is 17.0 Å². The summed E-state index contributed by atoms with van der Waals surface area (Å²) in [5.41, 5.74) is 0.580. The van der Waals surface area contributed by atoms with E-state index in [1.54, 1.807) is 13.1 Å². The molecule has 0 spiro atoms. The molecule has 1 atom stereocenters. The number of nitrogens with one attached hydrogen (secondary N) is 1. The molecule has 1 rings (SSSR count). The number of hydrogen-bond acceptors (Lipinski definition) is 4. The predicted molar refractivity (Wildman–Crippen MR) is 67.1 cm³/mol. The van der Waals surface area contributed by atoms with Crippen LogP contribution in [0.4, 0.5) is 11.5 Å². The third-order valence-electron chi connectivity index (χ3n) is 2.51. The van der Waals surface area contributed by atoms with Gasteiger partial charge in [0.1, 0.15) is 5.69 Å². The summed E-state index contributed by atoms with van der Waals surface area (Å²) < 4.78 is 1.52. The highest BCUT2D eigenvalue weighted by Crippen LogP contribution is 2.29. The summed E-state index contributed by atoms with van der Waals surface area (Å²) in [4.78, 5) is 10.7. The molecule has 0 bridgehead atoms. The Morgan fingerprint density at radius 3 is 2.82 bits per heavy atom. The number of aromatic nitrogens is 2. The number of anilines is 1. The van der Waals surface area contributed by atoms with E-state index in [4.69, 9.17) is 0 Å². The summed E-state index contributed by atoms with van der Waals surface area (Å²) in [5.74, 6) is 0.459. The van der Waals surface area contributed by atoms with Crippen LogP contribution in [0.2, 0.25) is 0 Å². The maximum absolute atomic E-state index is 11.0. The monoisotopic (exact) mass is 238 g/mol. The summed E-state index contributed by atoms with van der Waals surface area (Å²) in [6.45, 7) is 7.45. The van der Waals surface area contributed by atoms with E-state index in [1.807, 2.05) is 13.8 Å². The fraction of sp³-hybridized carbons (Fsp3) is 0.545. The van der Waals surface area contributed by atoms with Crippen molar-refractivity contribution in [2.75, 3.05) is 5.32 Å². The Morgan fingerprint density at radius 2 is 2.35 bits per heavy atom. The first-order chi connectivity index (χ1) is 8.01. The fourth-order valence-corrected chi connectivity index (χ4v) is 1.70. The molecule has 0 aliphatic rings. The highest BCUT2D eigenvalue weighted by molar-refractivity contribution is 5.60. The van der Waals surface area contributed by atoms with Crippen LogP contribution in [0.1, 0.15) is 26.0 Å². The first-order valence-electron chi connectivity index (χ1n) is 5.58. The van der Waals surface area contributed by atoms with E-state index < -0.39 is 0 Å². The summed E-state index contributed by atoms with van der Waals surface area (Å²) in [6, 6.07) is 0.0892. The first-order valence-corrected chi connectivity index (χ1v) is 5.58. The fourth-order valence-electron chi connectivity index (χ4n) is 1.70. The highest BCUT2D eigenvalue weighted by Gasteiger charge is 2.26. The Bertz CT molecular complexity index is 425. The minimum absolute atomic E-state index is 0.0749. The lowest BCUT2D eigenvalue weighted by Crippen LogP contribution is -2.17. The molecule has 1 aromatic rings. The van der Waals surface area contributed by atoms with Gasteiger partial charge < -0.3 is 5.32 Å². The van der Waals surface area contributed by atoms with E-state index in [9.17, 15) is 10.1 Å². The van der Waals surface area contributed by atoms with E-state index in [0.29, 0.717) is 17.9 Å². The van der Waals surface area contributed by atoms with E-state index in [1.165, 1.54) is 4.68 Å². The molecule has 0 saturated heterocycles. The molecule has 1 N–H and O–H groups in total. The molecule has 0 aliphatic heterocycles. The minimum Gasteiger partial charge on any atom is -0.362 e. The standard InChI is InChI=1S/C11H18N4O2/c1-5-7-8(3)12-11-10(15(16)17)9(6-2)13-14(11)4/h5,8,12H,1,6-7H2,2-4H3. The maximum atomic E-state index is 11.0. The van der Waals surface area contributed by atoms with Gasteiger partial charge in [-0.3, -0.25) is 10.1 Å². The average molecular weight is 238 g/mol. The lowest BCUT2D eigenvalue weighted by atomic mass is 10.2. The highest BCUT2D eigenvalue weighted by atomic mass is 16.6. The van der Waals surface area contributed by atoms with E-state index >= 15 is 0 Å². The third kappa shape index (κ3) is 2.83. The second-order valence-electron chi connectivity index (χ2n) is 3.95. The molecule has 0 fully saturated rings. The molecule has 0 amide bonds. The Balaban J connectivity index is 3.08. The Labute approximate surface area is 100 Å². The van der Waals surface area contributed by atoms with Crippen molar-refractivity contribution in [3.05, 3.63) is 28.5 Å². The van der Waals surface area contributed by atoms with Crippen molar-refractivity contribution in [2.45, 2.75) is 32.7 Å². The quantitative estimate of drug-likeness (QED) is 0.468. The lowest BCUT2D eigenvalue weighted by molar-refractivity contribution is -0.384. The number of aryl methyl sites for hydroxylation is 2. The second kappa shape index (κ2) is 5.47. The van der Waals surface area contributed by atoms with Crippen LogP contribution in [-0.4, -0.2) is 20.7 Å². The SMILES string of the molecule is C=CCC(C)Nc1c([N+](=O)[O-])c(CC)nn1C. The van der Waals surface area contributed by atoms with Crippen LogP contribution in [-0.2, 0) is 13.5 Å². The number of nitro groups is 1. The summed E-state index contributed by atoms with van der Waals surface area (Å²) >= 11 is 0. The molecular formula is C11H18N4O2. The smallest absolute Gasteiger partial charge is 0.333 e. The van der Waals surface area contributed by atoms with Crippen LogP contribution in [0.15, 0.2) is 12.7 Å². The van der Waals surface area contributed by atoms with Crippen molar-refractivity contribution in [3.63, 3.8) is 0 Å². The molecule has 17 heavy (non-hydrogen) atoms. The van der Waals surface area contributed by atoms with Gasteiger partial charge in [-0.05, 0) is 19.8 Å². The van der Waals surface area contributed by atoms with Gasteiger partial charge in [-0.2, -0.15) is 5.10 Å². The largest absolute Gasteiger partial charge is 0.362 e. The molecule has 0 aromatic carbocycles. The molecule has 1 aromatic heterocycles. The molecule has 6 heteroatoms. The Hall–Kier alpha value is -1.85. The van der Waals surface area contributed by atoms with Gasteiger partial charge in [0.05, 0.1) is 4.92 Å². The first kappa shape index (κ1) is 13.2. The van der Waals surface area contributed by atoms with E-state index in [0.717, 1.165) is 6.42 Å². The minimum atomic E-state index is -0.380. The van der Waals surface area contributed by atoms with Gasteiger partial charge >= 0.3 is 5.69 Å². The molecular weight excluding hydrogens is 220 g/mol. The van der Waals surface area contributed by atoms with Crippen molar-refractivity contribution in [1.82, 2.24) is 9.78 Å². The second-order valence-corrected chi connectivity index (χ2v) is 3.95. The molecule has 6 nitrogen and oxygen atoms in total. The summed E-state index contributed by atoms with van der Waals surface area (Å²) in [6.07, 6.45) is 3.06. The van der Waals surface area contributed by atoms with Crippen molar-refractivity contribution >= 4 is 11.5 Å². The Morgan fingerprint density at radius 1 is 1.71 bits per heavy atom. The van der Waals surface area contributed by atoms with Crippen molar-refractivity contribution in [3.8, 4) is 0 Å². The normalized spacial score (nSPS) is 12.2.